The number of carbonyl (C=O) groups is 2. The van der Waals surface area contributed by atoms with E-state index in [1.807, 2.05) is 25.1 Å². The highest BCUT2D eigenvalue weighted by Gasteiger charge is 2.22. The minimum Gasteiger partial charge on any atom is -0.467 e. The molecule has 2 rings (SSSR count). The highest BCUT2D eigenvalue weighted by molar-refractivity contribution is 7.99. The van der Waals surface area contributed by atoms with Gasteiger partial charge in [-0.3, -0.25) is 4.79 Å². The molecule has 0 bridgehead atoms. The number of methoxy groups -OCH3 is 1. The van der Waals surface area contributed by atoms with E-state index < -0.39 is 12.0 Å². The van der Waals surface area contributed by atoms with Crippen LogP contribution in [0.15, 0.2) is 36.8 Å². The number of carbonyl (C=O) groups excluding carboxylic acids is 2. The summed E-state index contributed by atoms with van der Waals surface area (Å²) < 4.78 is 4.75. The Bertz CT molecular complexity index is 673. The normalized spacial score (nSPS) is 11.8. The van der Waals surface area contributed by atoms with E-state index in [2.05, 4.69) is 21.4 Å². The van der Waals surface area contributed by atoms with Crippen LogP contribution < -0.4 is 5.32 Å². The number of hydrogen-bond acceptors (Lipinski definition) is 5. The van der Waals surface area contributed by atoms with E-state index in [1.54, 1.807) is 6.20 Å². The maximum Gasteiger partial charge on any atom is 0.328 e. The molecule has 0 radical (unpaired) electrons. The molecule has 0 saturated carbocycles. The fraction of sp³-hybridized carbons (Fsp3) is 0.353. The number of hydrogen-bond donors (Lipinski definition) is 2. The lowest BCUT2D eigenvalue weighted by atomic mass is 10.1. The lowest BCUT2D eigenvalue weighted by Crippen LogP contribution is -2.43. The average Bonchev–Trinajstić information content (AvgIpc) is 3.06. The van der Waals surface area contributed by atoms with Crippen LogP contribution in [0.3, 0.4) is 0 Å². The number of ether oxygens (including phenoxy) is 1. The fourth-order valence-corrected chi connectivity index (χ4v) is 3.04. The molecule has 0 spiro atoms. The molecule has 24 heavy (non-hydrogen) atoms. The quantitative estimate of drug-likeness (QED) is 0.712. The predicted molar refractivity (Wildman–Crippen MR) is 93.6 cm³/mol. The van der Waals surface area contributed by atoms with Crippen LogP contribution in [-0.2, 0) is 26.5 Å². The third kappa shape index (κ3) is 5.73. The van der Waals surface area contributed by atoms with Gasteiger partial charge in [-0.1, -0.05) is 29.8 Å². The molecule has 128 valence electrons. The summed E-state index contributed by atoms with van der Waals surface area (Å²) in [5.41, 5.74) is 3.13. The van der Waals surface area contributed by atoms with Crippen LogP contribution in [0.25, 0.3) is 0 Å². The number of aromatic nitrogens is 2. The van der Waals surface area contributed by atoms with Crippen molar-refractivity contribution in [2.75, 3.05) is 12.9 Å². The molecular formula is C17H21N3O3S. The van der Waals surface area contributed by atoms with Crippen molar-refractivity contribution in [2.24, 2.45) is 0 Å². The van der Waals surface area contributed by atoms with Gasteiger partial charge in [0.25, 0.3) is 0 Å². The molecular weight excluding hydrogens is 326 g/mol. The summed E-state index contributed by atoms with van der Waals surface area (Å²) in [6.07, 6.45) is 3.47. The molecule has 7 heteroatoms. The van der Waals surface area contributed by atoms with Gasteiger partial charge in [0.1, 0.15) is 6.04 Å². The number of imidazole rings is 1. The number of nitrogens with one attached hydrogen (secondary N) is 2. The van der Waals surface area contributed by atoms with Gasteiger partial charge in [-0.2, -0.15) is 0 Å². The molecule has 2 N–H and O–H groups in total. The SMILES string of the molecule is COC(=O)[C@@H](Cc1cnc[nH]1)NC(=O)CSCc1cccc(C)c1. The molecule has 1 aromatic heterocycles. The molecule has 0 fully saturated rings. The van der Waals surface area contributed by atoms with Crippen LogP contribution in [0.2, 0.25) is 0 Å². The van der Waals surface area contributed by atoms with Crippen molar-refractivity contribution in [3.05, 3.63) is 53.6 Å². The van der Waals surface area contributed by atoms with E-state index in [9.17, 15) is 9.59 Å². The molecule has 1 heterocycles. The third-order valence-corrected chi connectivity index (χ3v) is 4.39. The Balaban J connectivity index is 1.82. The number of thioether (sulfide) groups is 1. The number of nitrogens with zero attached hydrogens (tertiary/aromatic N) is 1. The monoisotopic (exact) mass is 347 g/mol. The molecule has 6 nitrogen and oxygen atoms in total. The Kier molecular flexibility index (Phi) is 6.87. The molecule has 0 aliphatic carbocycles. The van der Waals surface area contributed by atoms with Gasteiger partial charge in [0.15, 0.2) is 0 Å². The summed E-state index contributed by atoms with van der Waals surface area (Å²) in [4.78, 5) is 30.7. The summed E-state index contributed by atoms with van der Waals surface area (Å²) in [6, 6.07) is 7.45. The van der Waals surface area contributed by atoms with Crippen molar-refractivity contribution in [3.63, 3.8) is 0 Å². The zero-order valence-electron chi connectivity index (χ0n) is 13.7. The van der Waals surface area contributed by atoms with E-state index in [1.165, 1.54) is 36.3 Å². The minimum atomic E-state index is -0.720. The van der Waals surface area contributed by atoms with Crippen LogP contribution in [0, 0.1) is 6.92 Å². The van der Waals surface area contributed by atoms with Gasteiger partial charge in [-0.05, 0) is 12.5 Å². The highest BCUT2D eigenvalue weighted by atomic mass is 32.2. The van der Waals surface area contributed by atoms with Crippen LogP contribution in [0.5, 0.6) is 0 Å². The molecule has 1 aromatic carbocycles. The Labute approximate surface area is 145 Å². The van der Waals surface area contributed by atoms with Gasteiger partial charge >= 0.3 is 5.97 Å². The summed E-state index contributed by atoms with van der Waals surface area (Å²) in [5.74, 6) is 0.368. The van der Waals surface area contributed by atoms with E-state index >= 15 is 0 Å². The number of amides is 1. The van der Waals surface area contributed by atoms with E-state index in [0.29, 0.717) is 6.42 Å². The minimum absolute atomic E-state index is 0.192. The topological polar surface area (TPSA) is 84.1 Å². The molecule has 2 aromatic rings. The average molecular weight is 347 g/mol. The largest absolute Gasteiger partial charge is 0.467 e. The molecule has 0 saturated heterocycles. The maximum absolute atomic E-state index is 12.1. The summed E-state index contributed by atoms with van der Waals surface area (Å²) in [5, 5.41) is 2.72. The second kappa shape index (κ2) is 9.12. The van der Waals surface area contributed by atoms with Crippen molar-refractivity contribution < 1.29 is 14.3 Å². The number of rotatable bonds is 8. The number of H-pyrrole nitrogens is 1. The Morgan fingerprint density at radius 2 is 2.25 bits per heavy atom. The zero-order valence-corrected chi connectivity index (χ0v) is 14.6. The fourth-order valence-electron chi connectivity index (χ4n) is 2.25. The number of esters is 1. The van der Waals surface area contributed by atoms with E-state index in [4.69, 9.17) is 4.74 Å². The van der Waals surface area contributed by atoms with Crippen LogP contribution >= 0.6 is 11.8 Å². The lowest BCUT2D eigenvalue weighted by molar-refractivity contribution is -0.144. The first-order chi connectivity index (χ1) is 11.6. The van der Waals surface area contributed by atoms with Gasteiger partial charge in [0, 0.05) is 24.1 Å². The second-order valence-corrected chi connectivity index (χ2v) is 6.39. The van der Waals surface area contributed by atoms with Crippen molar-refractivity contribution in [3.8, 4) is 0 Å². The Hall–Kier alpha value is -2.28. The molecule has 1 atom stereocenters. The number of aromatic amines is 1. The van der Waals surface area contributed by atoms with Crippen molar-refractivity contribution in [1.82, 2.24) is 15.3 Å². The van der Waals surface area contributed by atoms with Crippen LogP contribution in [0.4, 0.5) is 0 Å². The van der Waals surface area contributed by atoms with E-state index in [0.717, 1.165) is 11.4 Å². The van der Waals surface area contributed by atoms with Crippen molar-refractivity contribution in [2.45, 2.75) is 25.1 Å². The summed E-state index contributed by atoms with van der Waals surface area (Å²) in [6.45, 7) is 2.04. The zero-order chi connectivity index (χ0) is 17.4. The lowest BCUT2D eigenvalue weighted by Gasteiger charge is -2.15. The number of benzene rings is 1. The first kappa shape index (κ1) is 18.1. The first-order valence-electron chi connectivity index (χ1n) is 7.56. The second-order valence-electron chi connectivity index (χ2n) is 5.41. The Morgan fingerprint density at radius 1 is 1.42 bits per heavy atom. The van der Waals surface area contributed by atoms with Gasteiger partial charge in [-0.15, -0.1) is 11.8 Å². The maximum atomic E-state index is 12.1. The Morgan fingerprint density at radius 3 is 2.92 bits per heavy atom. The third-order valence-electron chi connectivity index (χ3n) is 3.38. The smallest absolute Gasteiger partial charge is 0.328 e. The molecule has 0 unspecified atom stereocenters. The van der Waals surface area contributed by atoms with Crippen LogP contribution in [-0.4, -0.2) is 40.7 Å². The van der Waals surface area contributed by atoms with Crippen molar-refractivity contribution >= 4 is 23.6 Å². The first-order valence-corrected chi connectivity index (χ1v) is 8.71. The molecule has 1 amide bonds. The molecule has 0 aliphatic heterocycles. The summed E-state index contributed by atoms with van der Waals surface area (Å²) >= 11 is 1.51. The van der Waals surface area contributed by atoms with Gasteiger partial charge in [-0.25, -0.2) is 9.78 Å². The van der Waals surface area contributed by atoms with Gasteiger partial charge in [0.05, 0.1) is 19.2 Å². The van der Waals surface area contributed by atoms with Gasteiger partial charge in [0.2, 0.25) is 5.91 Å². The molecule has 0 aliphatic rings. The predicted octanol–water partition coefficient (Wildman–Crippen LogP) is 1.85. The number of aryl methyl sites for hydroxylation is 1. The highest BCUT2D eigenvalue weighted by Crippen LogP contribution is 2.13. The van der Waals surface area contributed by atoms with Crippen LogP contribution in [0.1, 0.15) is 16.8 Å². The summed E-state index contributed by atoms with van der Waals surface area (Å²) in [7, 11) is 1.31. The van der Waals surface area contributed by atoms with E-state index in [-0.39, 0.29) is 11.7 Å². The standard InChI is InChI=1S/C17H21N3O3S/c1-12-4-3-5-13(6-12)9-24-10-16(21)20-15(17(22)23-2)7-14-8-18-11-19-14/h3-6,8,11,15H,7,9-10H2,1-2H3,(H,18,19)(H,20,21)/t15-/m1/s1. The van der Waals surface area contributed by atoms with Gasteiger partial charge < -0.3 is 15.0 Å². The van der Waals surface area contributed by atoms with Crippen molar-refractivity contribution in [1.29, 1.82) is 0 Å².